The second kappa shape index (κ2) is 10.5. The topological polar surface area (TPSA) is 68.7 Å². The highest BCUT2D eigenvalue weighted by molar-refractivity contribution is 6.33. The average Bonchev–Trinajstić information content (AvgIpc) is 3.26. The summed E-state index contributed by atoms with van der Waals surface area (Å²) in [5.41, 5.74) is 10.2. The standard InChI is InChI=1S/C29H29ClN2O3/c30-24-14-13-21(17-25(24)31)26(33)19-32(18-20-7-2-1-3-8-20)15-16-34-28-12-6-10-23-22-9-4-5-11-27(22)35-29(23)28/h1-3,6-8,10,12-14,17H,4-5,9,11,15-16,18-19,31H2. The van der Waals surface area contributed by atoms with Crippen LogP contribution in [-0.2, 0) is 19.4 Å². The third-order valence-corrected chi connectivity index (χ3v) is 6.89. The van der Waals surface area contributed by atoms with E-state index in [0.717, 1.165) is 40.9 Å². The predicted molar refractivity (Wildman–Crippen MR) is 140 cm³/mol. The van der Waals surface area contributed by atoms with Crippen LogP contribution in [0, 0.1) is 0 Å². The minimum atomic E-state index is -0.00916. The molecule has 35 heavy (non-hydrogen) atoms. The first kappa shape index (κ1) is 23.5. The van der Waals surface area contributed by atoms with Crippen molar-refractivity contribution in [3.8, 4) is 5.75 Å². The number of nitrogen functional groups attached to an aromatic ring is 1. The first-order chi connectivity index (χ1) is 17.1. The van der Waals surface area contributed by atoms with E-state index in [4.69, 9.17) is 26.5 Å². The van der Waals surface area contributed by atoms with Gasteiger partial charge in [-0.3, -0.25) is 9.69 Å². The van der Waals surface area contributed by atoms with E-state index in [9.17, 15) is 4.79 Å². The van der Waals surface area contributed by atoms with E-state index in [1.807, 2.05) is 30.3 Å². The molecule has 1 heterocycles. The zero-order chi connectivity index (χ0) is 24.2. The molecule has 4 aromatic rings. The number of rotatable bonds is 9. The number of carbonyl (C=O) groups is 1. The maximum absolute atomic E-state index is 13.0. The maximum atomic E-state index is 13.0. The summed E-state index contributed by atoms with van der Waals surface area (Å²) in [6.45, 7) is 1.91. The fourth-order valence-electron chi connectivity index (χ4n) is 4.72. The van der Waals surface area contributed by atoms with Gasteiger partial charge in [-0.05, 0) is 49.1 Å². The summed E-state index contributed by atoms with van der Waals surface area (Å²) in [6.07, 6.45) is 4.43. The van der Waals surface area contributed by atoms with Crippen LogP contribution in [0.15, 0.2) is 71.1 Å². The number of para-hydroxylation sites is 1. The van der Waals surface area contributed by atoms with Crippen LogP contribution >= 0.6 is 11.6 Å². The number of ketones is 1. The van der Waals surface area contributed by atoms with Crippen LogP contribution in [0.25, 0.3) is 11.0 Å². The van der Waals surface area contributed by atoms with Crippen LogP contribution in [0.5, 0.6) is 5.75 Å². The van der Waals surface area contributed by atoms with Gasteiger partial charge in [0.1, 0.15) is 12.4 Å². The number of carbonyl (C=O) groups excluding carboxylic acids is 1. The van der Waals surface area contributed by atoms with Crippen LogP contribution in [0.1, 0.15) is 40.1 Å². The number of halogens is 1. The van der Waals surface area contributed by atoms with E-state index in [1.54, 1.807) is 18.2 Å². The Hall–Kier alpha value is -3.28. The highest BCUT2D eigenvalue weighted by atomic mass is 35.5. The lowest BCUT2D eigenvalue weighted by atomic mass is 9.96. The number of benzene rings is 3. The van der Waals surface area contributed by atoms with Crippen molar-refractivity contribution in [2.45, 2.75) is 32.2 Å². The van der Waals surface area contributed by atoms with Gasteiger partial charge in [0.15, 0.2) is 17.1 Å². The van der Waals surface area contributed by atoms with E-state index in [-0.39, 0.29) is 12.3 Å². The Labute approximate surface area is 210 Å². The molecule has 5 nitrogen and oxygen atoms in total. The lowest BCUT2D eigenvalue weighted by molar-refractivity contribution is 0.0912. The molecule has 0 atom stereocenters. The molecule has 0 aliphatic heterocycles. The molecule has 6 heteroatoms. The molecular weight excluding hydrogens is 460 g/mol. The van der Waals surface area contributed by atoms with Gasteiger partial charge in [-0.15, -0.1) is 0 Å². The van der Waals surface area contributed by atoms with E-state index in [1.165, 1.54) is 18.4 Å². The third kappa shape index (κ3) is 5.37. The predicted octanol–water partition coefficient (Wildman–Crippen LogP) is 6.31. The van der Waals surface area contributed by atoms with E-state index >= 15 is 0 Å². The molecule has 1 aliphatic carbocycles. The van der Waals surface area contributed by atoms with Crippen molar-refractivity contribution in [1.29, 1.82) is 0 Å². The molecule has 0 radical (unpaired) electrons. The molecule has 0 unspecified atom stereocenters. The van der Waals surface area contributed by atoms with Crippen LogP contribution in [0.4, 0.5) is 5.69 Å². The monoisotopic (exact) mass is 488 g/mol. The van der Waals surface area contributed by atoms with Crippen molar-refractivity contribution in [3.05, 3.63) is 94.2 Å². The Morgan fingerprint density at radius 1 is 1.03 bits per heavy atom. The van der Waals surface area contributed by atoms with Crippen molar-refractivity contribution in [2.75, 3.05) is 25.4 Å². The van der Waals surface area contributed by atoms with E-state index < -0.39 is 0 Å². The lowest BCUT2D eigenvalue weighted by Crippen LogP contribution is -2.33. The van der Waals surface area contributed by atoms with Gasteiger partial charge in [0.05, 0.1) is 17.3 Å². The average molecular weight is 489 g/mol. The molecule has 5 rings (SSSR count). The van der Waals surface area contributed by atoms with E-state index in [2.05, 4.69) is 23.1 Å². The molecular formula is C29H29ClN2O3. The minimum absolute atomic E-state index is 0.00916. The number of nitrogens with zero attached hydrogens (tertiary/aromatic N) is 1. The highest BCUT2D eigenvalue weighted by Crippen LogP contribution is 2.36. The number of Topliss-reactive ketones (excluding diaryl/α,β-unsaturated/α-hetero) is 1. The van der Waals surface area contributed by atoms with Gasteiger partial charge < -0.3 is 14.9 Å². The van der Waals surface area contributed by atoms with Crippen LogP contribution < -0.4 is 10.5 Å². The second-order valence-electron chi connectivity index (χ2n) is 9.05. The largest absolute Gasteiger partial charge is 0.488 e. The van der Waals surface area contributed by atoms with Crippen molar-refractivity contribution in [2.24, 2.45) is 0 Å². The number of ether oxygens (including phenoxy) is 1. The summed E-state index contributed by atoms with van der Waals surface area (Å²) in [5.74, 6) is 1.85. The summed E-state index contributed by atoms with van der Waals surface area (Å²) >= 11 is 6.03. The van der Waals surface area contributed by atoms with Gasteiger partial charge in [-0.2, -0.15) is 0 Å². The van der Waals surface area contributed by atoms with Crippen molar-refractivity contribution < 1.29 is 13.9 Å². The molecule has 0 bridgehead atoms. The maximum Gasteiger partial charge on any atom is 0.176 e. The normalized spacial score (nSPS) is 13.2. The van der Waals surface area contributed by atoms with E-state index in [0.29, 0.717) is 36.0 Å². The van der Waals surface area contributed by atoms with Gasteiger partial charge in [-0.1, -0.05) is 54.1 Å². The van der Waals surface area contributed by atoms with Crippen LogP contribution in [0.2, 0.25) is 5.02 Å². The number of furan rings is 1. The Kier molecular flexibility index (Phi) is 7.07. The summed E-state index contributed by atoms with van der Waals surface area (Å²) in [7, 11) is 0. The fraction of sp³-hybridized carbons (Fsp3) is 0.276. The quantitative estimate of drug-likeness (QED) is 0.221. The molecule has 1 aliphatic rings. The molecule has 0 saturated carbocycles. The molecule has 0 amide bonds. The summed E-state index contributed by atoms with van der Waals surface area (Å²) < 4.78 is 12.4. The lowest BCUT2D eigenvalue weighted by Gasteiger charge is -2.22. The third-order valence-electron chi connectivity index (χ3n) is 6.55. The summed E-state index contributed by atoms with van der Waals surface area (Å²) in [4.78, 5) is 15.1. The van der Waals surface area contributed by atoms with Crippen molar-refractivity contribution in [3.63, 3.8) is 0 Å². The number of hydrogen-bond donors (Lipinski definition) is 1. The molecule has 2 N–H and O–H groups in total. The Bertz CT molecular complexity index is 1330. The van der Waals surface area contributed by atoms with Gasteiger partial charge in [0.2, 0.25) is 0 Å². The Morgan fingerprint density at radius 2 is 1.86 bits per heavy atom. The molecule has 0 spiro atoms. The number of fused-ring (bicyclic) bond motifs is 3. The SMILES string of the molecule is Nc1cc(C(=O)CN(CCOc2cccc3c4c(oc23)CCCC4)Cc2ccccc2)ccc1Cl. The van der Waals surface area contributed by atoms with Crippen LogP contribution in [-0.4, -0.2) is 30.4 Å². The molecule has 3 aromatic carbocycles. The second-order valence-corrected chi connectivity index (χ2v) is 9.46. The number of nitrogens with two attached hydrogens (primary N) is 1. The number of hydrogen-bond acceptors (Lipinski definition) is 5. The minimum Gasteiger partial charge on any atom is -0.488 e. The Balaban J connectivity index is 1.30. The fourth-order valence-corrected chi connectivity index (χ4v) is 4.84. The molecule has 0 saturated heterocycles. The number of anilines is 1. The van der Waals surface area contributed by atoms with Crippen molar-refractivity contribution >= 4 is 34.0 Å². The first-order valence-electron chi connectivity index (χ1n) is 12.1. The first-order valence-corrected chi connectivity index (χ1v) is 12.5. The molecule has 180 valence electrons. The van der Waals surface area contributed by atoms with Gasteiger partial charge in [0, 0.05) is 36.0 Å². The Morgan fingerprint density at radius 3 is 2.69 bits per heavy atom. The van der Waals surface area contributed by atoms with Crippen molar-refractivity contribution in [1.82, 2.24) is 4.90 Å². The zero-order valence-corrected chi connectivity index (χ0v) is 20.4. The molecule has 0 fully saturated rings. The highest BCUT2D eigenvalue weighted by Gasteiger charge is 2.20. The summed E-state index contributed by atoms with van der Waals surface area (Å²) in [5, 5.41) is 1.61. The van der Waals surface area contributed by atoms with Crippen LogP contribution in [0.3, 0.4) is 0 Å². The van der Waals surface area contributed by atoms with Gasteiger partial charge in [-0.25, -0.2) is 0 Å². The van der Waals surface area contributed by atoms with Gasteiger partial charge in [0.25, 0.3) is 0 Å². The smallest absolute Gasteiger partial charge is 0.176 e. The molecule has 1 aromatic heterocycles. The summed E-state index contributed by atoms with van der Waals surface area (Å²) in [6, 6.07) is 21.3. The zero-order valence-electron chi connectivity index (χ0n) is 19.6. The number of aryl methyl sites for hydroxylation is 2. The van der Waals surface area contributed by atoms with Gasteiger partial charge >= 0.3 is 0 Å².